The molecule has 0 aliphatic rings. The SMILES string of the molecule is CCC(C)NC(=O)NC(CCC(N)=O)C(=O)O. The van der Waals surface area contributed by atoms with Crippen LogP contribution in [-0.2, 0) is 9.59 Å². The zero-order valence-electron chi connectivity index (χ0n) is 10.0. The zero-order chi connectivity index (χ0) is 13.4. The first kappa shape index (κ1) is 15.2. The fourth-order valence-electron chi connectivity index (χ4n) is 1.07. The summed E-state index contributed by atoms with van der Waals surface area (Å²) in [4.78, 5) is 32.7. The van der Waals surface area contributed by atoms with Crippen LogP contribution in [0.15, 0.2) is 0 Å². The van der Waals surface area contributed by atoms with Gasteiger partial charge in [-0.3, -0.25) is 4.79 Å². The van der Waals surface area contributed by atoms with Crippen molar-refractivity contribution in [1.29, 1.82) is 0 Å². The van der Waals surface area contributed by atoms with Gasteiger partial charge in [-0.05, 0) is 19.8 Å². The molecular formula is C10H19N3O4. The molecule has 2 atom stereocenters. The van der Waals surface area contributed by atoms with Crippen LogP contribution in [0.4, 0.5) is 4.79 Å². The van der Waals surface area contributed by atoms with Gasteiger partial charge < -0.3 is 21.5 Å². The van der Waals surface area contributed by atoms with Gasteiger partial charge in [0.25, 0.3) is 0 Å². The van der Waals surface area contributed by atoms with Crippen LogP contribution < -0.4 is 16.4 Å². The quantitative estimate of drug-likeness (QED) is 0.496. The Balaban J connectivity index is 4.20. The Kier molecular flexibility index (Phi) is 6.69. The molecule has 0 aromatic carbocycles. The van der Waals surface area contributed by atoms with Gasteiger partial charge >= 0.3 is 12.0 Å². The zero-order valence-corrected chi connectivity index (χ0v) is 10.0. The molecule has 7 nitrogen and oxygen atoms in total. The molecule has 5 N–H and O–H groups in total. The number of rotatable bonds is 7. The molecule has 7 heteroatoms. The summed E-state index contributed by atoms with van der Waals surface area (Å²) in [6.07, 6.45) is 0.644. The molecule has 0 saturated carbocycles. The molecule has 2 unspecified atom stereocenters. The number of amides is 3. The molecular weight excluding hydrogens is 226 g/mol. The summed E-state index contributed by atoms with van der Waals surface area (Å²) in [7, 11) is 0. The van der Waals surface area contributed by atoms with Crippen LogP contribution in [0.5, 0.6) is 0 Å². The number of primary amides is 1. The average molecular weight is 245 g/mol. The van der Waals surface area contributed by atoms with E-state index in [4.69, 9.17) is 10.8 Å². The Labute approximate surface area is 99.7 Å². The van der Waals surface area contributed by atoms with E-state index in [1.54, 1.807) is 6.92 Å². The Bertz CT molecular complexity index is 293. The summed E-state index contributed by atoms with van der Waals surface area (Å²) in [5, 5.41) is 13.7. The number of carboxylic acid groups (broad SMARTS) is 1. The number of carbonyl (C=O) groups excluding carboxylic acids is 2. The molecule has 0 spiro atoms. The largest absolute Gasteiger partial charge is 0.480 e. The van der Waals surface area contributed by atoms with Gasteiger partial charge in [-0.15, -0.1) is 0 Å². The summed E-state index contributed by atoms with van der Waals surface area (Å²) in [6.45, 7) is 3.70. The van der Waals surface area contributed by atoms with Crippen molar-refractivity contribution in [3.05, 3.63) is 0 Å². The first-order valence-electron chi connectivity index (χ1n) is 5.45. The lowest BCUT2D eigenvalue weighted by Crippen LogP contribution is -2.48. The van der Waals surface area contributed by atoms with E-state index in [9.17, 15) is 14.4 Å². The van der Waals surface area contributed by atoms with Crippen molar-refractivity contribution >= 4 is 17.9 Å². The van der Waals surface area contributed by atoms with E-state index >= 15 is 0 Å². The highest BCUT2D eigenvalue weighted by Gasteiger charge is 2.20. The van der Waals surface area contributed by atoms with Gasteiger partial charge in [-0.2, -0.15) is 0 Å². The smallest absolute Gasteiger partial charge is 0.326 e. The van der Waals surface area contributed by atoms with Gasteiger partial charge in [-0.1, -0.05) is 6.92 Å². The van der Waals surface area contributed by atoms with Crippen molar-refractivity contribution in [1.82, 2.24) is 10.6 Å². The van der Waals surface area contributed by atoms with Crippen LogP contribution in [-0.4, -0.2) is 35.1 Å². The van der Waals surface area contributed by atoms with Crippen molar-refractivity contribution in [2.75, 3.05) is 0 Å². The topological polar surface area (TPSA) is 122 Å². The minimum absolute atomic E-state index is 0.0153. The Morgan fingerprint density at radius 2 is 1.88 bits per heavy atom. The number of carbonyl (C=O) groups is 3. The van der Waals surface area contributed by atoms with Crippen molar-refractivity contribution < 1.29 is 19.5 Å². The normalized spacial score (nSPS) is 13.5. The summed E-state index contributed by atoms with van der Waals surface area (Å²) in [5.41, 5.74) is 4.91. The number of hydrogen-bond donors (Lipinski definition) is 4. The second kappa shape index (κ2) is 7.48. The molecule has 0 heterocycles. The third-order valence-electron chi connectivity index (χ3n) is 2.27. The van der Waals surface area contributed by atoms with Crippen LogP contribution in [0, 0.1) is 0 Å². The van der Waals surface area contributed by atoms with E-state index in [0.29, 0.717) is 0 Å². The fraction of sp³-hybridized carbons (Fsp3) is 0.700. The number of nitrogens with one attached hydrogen (secondary N) is 2. The highest BCUT2D eigenvalue weighted by Crippen LogP contribution is 1.97. The van der Waals surface area contributed by atoms with Crippen molar-refractivity contribution in [2.45, 2.75) is 45.2 Å². The summed E-state index contributed by atoms with van der Waals surface area (Å²) in [6, 6.07) is -1.71. The van der Waals surface area contributed by atoms with E-state index in [1.165, 1.54) is 0 Å². The summed E-state index contributed by atoms with van der Waals surface area (Å²) < 4.78 is 0. The van der Waals surface area contributed by atoms with Crippen molar-refractivity contribution in [3.8, 4) is 0 Å². The van der Waals surface area contributed by atoms with E-state index in [2.05, 4.69) is 10.6 Å². The molecule has 0 aromatic rings. The lowest BCUT2D eigenvalue weighted by atomic mass is 10.1. The van der Waals surface area contributed by atoms with Crippen LogP contribution in [0.3, 0.4) is 0 Å². The first-order valence-corrected chi connectivity index (χ1v) is 5.45. The van der Waals surface area contributed by atoms with Crippen LogP contribution in [0.25, 0.3) is 0 Å². The van der Waals surface area contributed by atoms with Crippen LogP contribution in [0.1, 0.15) is 33.1 Å². The summed E-state index contributed by atoms with van der Waals surface area (Å²) in [5.74, 6) is -1.79. The van der Waals surface area contributed by atoms with E-state index in [0.717, 1.165) is 6.42 Å². The molecule has 0 saturated heterocycles. The van der Waals surface area contributed by atoms with Gasteiger partial charge in [0.05, 0.1) is 0 Å². The minimum Gasteiger partial charge on any atom is -0.480 e. The lowest BCUT2D eigenvalue weighted by Gasteiger charge is -2.17. The number of nitrogens with two attached hydrogens (primary N) is 1. The second-order valence-electron chi connectivity index (χ2n) is 3.82. The molecule has 0 aromatic heterocycles. The average Bonchev–Trinajstić information content (AvgIpc) is 2.23. The molecule has 3 amide bonds. The number of aliphatic carboxylic acids is 1. The molecule has 0 aliphatic carbocycles. The van der Waals surface area contributed by atoms with Gasteiger partial charge in [-0.25, -0.2) is 9.59 Å². The van der Waals surface area contributed by atoms with E-state index in [1.807, 2.05) is 6.92 Å². The predicted molar refractivity (Wildman–Crippen MR) is 61.3 cm³/mol. The van der Waals surface area contributed by atoms with Crippen LogP contribution >= 0.6 is 0 Å². The second-order valence-corrected chi connectivity index (χ2v) is 3.82. The number of hydrogen-bond acceptors (Lipinski definition) is 3. The lowest BCUT2D eigenvalue weighted by molar-refractivity contribution is -0.139. The van der Waals surface area contributed by atoms with E-state index in [-0.39, 0.29) is 18.9 Å². The third kappa shape index (κ3) is 7.15. The van der Waals surface area contributed by atoms with Crippen LogP contribution in [0.2, 0.25) is 0 Å². The highest BCUT2D eigenvalue weighted by molar-refractivity contribution is 5.83. The van der Waals surface area contributed by atoms with Crippen molar-refractivity contribution in [3.63, 3.8) is 0 Å². The molecule has 0 fully saturated rings. The highest BCUT2D eigenvalue weighted by atomic mass is 16.4. The van der Waals surface area contributed by atoms with E-state index < -0.39 is 23.9 Å². The first-order chi connectivity index (χ1) is 7.86. The maximum absolute atomic E-state index is 11.4. The third-order valence-corrected chi connectivity index (χ3v) is 2.27. The summed E-state index contributed by atoms with van der Waals surface area (Å²) >= 11 is 0. The molecule has 0 radical (unpaired) electrons. The van der Waals surface area contributed by atoms with Gasteiger partial charge in [0.15, 0.2) is 0 Å². The fourth-order valence-corrected chi connectivity index (χ4v) is 1.07. The molecule has 0 aliphatic heterocycles. The molecule has 17 heavy (non-hydrogen) atoms. The Morgan fingerprint density at radius 1 is 1.29 bits per heavy atom. The number of urea groups is 1. The standard InChI is InChI=1S/C10H19N3O4/c1-3-6(2)12-10(17)13-7(9(15)16)4-5-8(11)14/h6-7H,3-5H2,1-2H3,(H2,11,14)(H,15,16)(H2,12,13,17). The Hall–Kier alpha value is -1.79. The van der Waals surface area contributed by atoms with Gasteiger partial charge in [0, 0.05) is 12.5 Å². The van der Waals surface area contributed by atoms with Gasteiger partial charge in [0.1, 0.15) is 6.04 Å². The van der Waals surface area contributed by atoms with Gasteiger partial charge in [0.2, 0.25) is 5.91 Å². The Morgan fingerprint density at radius 3 is 2.29 bits per heavy atom. The predicted octanol–water partition coefficient (Wildman–Crippen LogP) is -0.197. The molecule has 98 valence electrons. The van der Waals surface area contributed by atoms with Crippen molar-refractivity contribution in [2.24, 2.45) is 5.73 Å². The molecule has 0 rings (SSSR count). The maximum Gasteiger partial charge on any atom is 0.326 e. The maximum atomic E-state index is 11.4. The monoisotopic (exact) mass is 245 g/mol. The number of carboxylic acids is 1. The minimum atomic E-state index is -1.19. The molecule has 0 bridgehead atoms.